The highest BCUT2D eigenvalue weighted by atomic mass is 35.5. The summed E-state index contributed by atoms with van der Waals surface area (Å²) in [4.78, 5) is 52.8. The summed E-state index contributed by atoms with van der Waals surface area (Å²) in [6.07, 6.45) is 3.79. The number of likely N-dealkylation sites (N-methyl/N-ethyl adjacent to an activating group) is 3. The Kier molecular flexibility index (Phi) is 26.3. The monoisotopic (exact) mass is 1540 g/mol. The Morgan fingerprint density at radius 1 is 0.424 bits per heavy atom. The molecule has 3 aromatic carbocycles. The van der Waals surface area contributed by atoms with Crippen LogP contribution in [-0.2, 0) is 45.0 Å². The van der Waals surface area contributed by atoms with Crippen molar-refractivity contribution in [2.45, 2.75) is 77.8 Å². The Morgan fingerprint density at radius 2 is 0.677 bits per heavy atom. The third kappa shape index (κ3) is 19.0. The van der Waals surface area contributed by atoms with Gasteiger partial charge in [0.25, 0.3) is 30.6 Å². The zero-order chi connectivity index (χ0) is 69.1. The summed E-state index contributed by atoms with van der Waals surface area (Å²) in [5, 5.41) is 12.7. The second-order valence-corrected chi connectivity index (χ2v) is 30.8. The predicted molar refractivity (Wildman–Crippen MR) is 376 cm³/mol. The number of thiophene rings is 3. The highest BCUT2D eigenvalue weighted by Crippen LogP contribution is 2.39. The van der Waals surface area contributed by atoms with Crippen LogP contribution < -0.4 is 30.1 Å². The number of nitrogens with zero attached hydrogens (tertiary/aromatic N) is 6. The van der Waals surface area contributed by atoms with Gasteiger partial charge in [-0.1, -0.05) is 57.1 Å². The maximum atomic E-state index is 13.4. The van der Waals surface area contributed by atoms with Crippen molar-refractivity contribution in [3.63, 3.8) is 0 Å². The molecule has 2 unspecified atom stereocenters. The number of aromatic nitrogens is 3. The van der Waals surface area contributed by atoms with Crippen molar-refractivity contribution in [2.75, 3.05) is 37.1 Å². The highest BCUT2D eigenvalue weighted by molar-refractivity contribution is 7.87. The first-order chi connectivity index (χ1) is 45.4. The lowest BCUT2D eigenvalue weighted by Gasteiger charge is -2.35. The van der Waals surface area contributed by atoms with Crippen molar-refractivity contribution in [3.8, 4) is 33.8 Å². The van der Waals surface area contributed by atoms with Crippen molar-refractivity contribution in [2.24, 2.45) is 0 Å². The molecule has 12 rings (SSSR count). The van der Waals surface area contributed by atoms with E-state index in [1.165, 1.54) is 128 Å². The number of pyridine rings is 3. The van der Waals surface area contributed by atoms with Crippen LogP contribution in [0.3, 0.4) is 0 Å². The summed E-state index contributed by atoms with van der Waals surface area (Å²) in [7, 11) is -7.90. The molecule has 6 N–H and O–H groups in total. The molecule has 9 heterocycles. The molecule has 0 aliphatic carbocycles. The van der Waals surface area contributed by atoms with Gasteiger partial charge in [-0.05, 0) is 128 Å². The van der Waals surface area contributed by atoms with Crippen LogP contribution in [0, 0.1) is 34.9 Å². The molecule has 99 heavy (non-hydrogen) atoms. The number of rotatable bonds is 12. The fourth-order valence-electron chi connectivity index (χ4n) is 9.94. The minimum Gasteiger partial charge on any atom is -0.325 e. The number of anilines is 3. The molecule has 3 fully saturated rings. The summed E-state index contributed by atoms with van der Waals surface area (Å²) in [5.74, 6) is -4.95. The molecule has 0 spiro atoms. The SMILES string of the molecule is C.C.C.CN1C(C(=O)Nc2ccc(F)c(Cl)c2)CC(c2cc(-c3ccc(F)cn3)cs2)NS1(=O)=O.CN1[C@@H](C(=O)Nc2ccc(F)c(Cl)c2)C[C@@H](c2cc(-c3ccc(F)cn3)cs2)NS1(=O)=O.CN1[C@H](C(=O)Nc2ccc(F)c(Cl)c2)C[C@H](c2cc(-c3ccc(F)cn3)cs2)NS1(=O)=O. The number of amides is 3. The maximum absolute atomic E-state index is 13.4. The third-order valence-corrected chi connectivity index (χ3v) is 23.9. The molecule has 3 saturated heterocycles. The molecule has 528 valence electrons. The van der Waals surface area contributed by atoms with Crippen molar-refractivity contribution in [1.82, 2.24) is 42.0 Å². The lowest BCUT2D eigenvalue weighted by Crippen LogP contribution is -2.55. The van der Waals surface area contributed by atoms with Gasteiger partial charge in [-0.15, -0.1) is 34.0 Å². The first kappa shape index (κ1) is 79.0. The maximum Gasteiger partial charge on any atom is 0.280 e. The van der Waals surface area contributed by atoms with Crippen LogP contribution in [0.25, 0.3) is 33.8 Å². The van der Waals surface area contributed by atoms with Gasteiger partial charge in [0, 0.05) is 85.7 Å². The van der Waals surface area contributed by atoms with E-state index in [4.69, 9.17) is 34.8 Å². The molecule has 9 aromatic rings. The third-order valence-electron chi connectivity index (χ3n) is 15.1. The second-order valence-electron chi connectivity index (χ2n) is 21.5. The van der Waals surface area contributed by atoms with Crippen LogP contribution in [0.1, 0.15) is 74.3 Å². The van der Waals surface area contributed by atoms with E-state index in [2.05, 4.69) is 45.1 Å². The zero-order valence-electron chi connectivity index (χ0n) is 49.7. The zero-order valence-corrected chi connectivity index (χ0v) is 56.8. The quantitative estimate of drug-likeness (QED) is 0.0623. The van der Waals surface area contributed by atoms with Gasteiger partial charge in [0.2, 0.25) is 17.7 Å². The Bertz CT molecular complexity index is 4280. The largest absolute Gasteiger partial charge is 0.325 e. The molecule has 0 bridgehead atoms. The minimum atomic E-state index is -3.94. The average Bonchev–Trinajstić information content (AvgIpc) is 1.76. The van der Waals surface area contributed by atoms with E-state index in [0.717, 1.165) is 49.7 Å². The lowest BCUT2D eigenvalue weighted by molar-refractivity contribution is -0.120. The van der Waals surface area contributed by atoms with E-state index in [-0.39, 0.29) is 73.7 Å². The molecular formula is C63H63Cl3F6N12O9S6. The van der Waals surface area contributed by atoms with Gasteiger partial charge in [-0.25, -0.2) is 26.3 Å². The summed E-state index contributed by atoms with van der Waals surface area (Å²) < 4.78 is 166. The van der Waals surface area contributed by atoms with E-state index >= 15 is 0 Å². The first-order valence-electron chi connectivity index (χ1n) is 28.1. The predicted octanol–water partition coefficient (Wildman–Crippen LogP) is 13.8. The average molecular weight is 1550 g/mol. The number of nitrogens with one attached hydrogen (secondary N) is 6. The van der Waals surface area contributed by atoms with Crippen LogP contribution in [0.4, 0.5) is 43.4 Å². The highest BCUT2D eigenvalue weighted by Gasteiger charge is 2.44. The van der Waals surface area contributed by atoms with Gasteiger partial charge < -0.3 is 16.0 Å². The molecule has 3 aliphatic rings. The van der Waals surface area contributed by atoms with Crippen LogP contribution >= 0.6 is 68.8 Å². The number of hydrogen-bond acceptors (Lipinski definition) is 15. The van der Waals surface area contributed by atoms with Crippen LogP contribution in [0.2, 0.25) is 15.1 Å². The molecule has 21 nitrogen and oxygen atoms in total. The fraction of sp³-hybridized carbons (Fsp3) is 0.238. The number of carbonyl (C=O) groups excluding carboxylic acids is 3. The van der Waals surface area contributed by atoms with Crippen LogP contribution in [-0.4, -0.2) is 110 Å². The molecule has 3 amide bonds. The van der Waals surface area contributed by atoms with E-state index in [1.807, 2.05) is 0 Å². The van der Waals surface area contributed by atoms with Gasteiger partial charge in [-0.2, -0.15) is 52.3 Å². The Balaban J connectivity index is 0.000000206. The molecule has 6 atom stereocenters. The van der Waals surface area contributed by atoms with Crippen LogP contribution in [0.15, 0.2) is 144 Å². The molecular weight excluding hydrogens is 1480 g/mol. The molecule has 3 aliphatic heterocycles. The van der Waals surface area contributed by atoms with Crippen molar-refractivity contribution in [1.29, 1.82) is 0 Å². The summed E-state index contributed by atoms with van der Waals surface area (Å²) in [6.45, 7) is 0. The van der Waals surface area contributed by atoms with Gasteiger partial charge >= 0.3 is 0 Å². The topological polar surface area (TPSA) is 274 Å². The minimum absolute atomic E-state index is 0. The fourth-order valence-corrected chi connectivity index (χ4v) is 17.4. The summed E-state index contributed by atoms with van der Waals surface area (Å²) in [6, 6.07) is 19.9. The smallest absolute Gasteiger partial charge is 0.280 e. The number of halogens is 9. The molecule has 36 heteroatoms. The number of hydrogen-bond donors (Lipinski definition) is 6. The van der Waals surface area contributed by atoms with E-state index in [0.29, 0.717) is 48.4 Å². The molecule has 0 saturated carbocycles. The Hall–Kier alpha value is -7.32. The molecule has 6 aromatic heterocycles. The van der Waals surface area contributed by atoms with Crippen LogP contribution in [0.5, 0.6) is 0 Å². The standard InChI is InChI=1S/3C20H17ClF2N4O3S2.3CH4/c3*1-27-18(20(28)25-13-3-4-15(23)14(21)7-13)8-17(26-32(27,29)30)19-6-11(10-31-19)16-5-2-12(22)9-24-16;;;/h3*2-7,9-10,17-18,26H,8H2,1H3,(H,25,28);3*1H4/t2*17-,18+;;;;/m10..../s1. The van der Waals surface area contributed by atoms with E-state index < -0.39 is 120 Å². The summed E-state index contributed by atoms with van der Waals surface area (Å²) in [5.41, 5.74) is 4.54. The van der Waals surface area contributed by atoms with Gasteiger partial charge in [0.15, 0.2) is 0 Å². The van der Waals surface area contributed by atoms with Gasteiger partial charge in [-0.3, -0.25) is 29.3 Å². The Labute approximate surface area is 595 Å². The van der Waals surface area contributed by atoms with Crippen molar-refractivity contribution < 1.29 is 66.0 Å². The van der Waals surface area contributed by atoms with Gasteiger partial charge in [0.05, 0.1) is 68.9 Å². The van der Waals surface area contributed by atoms with E-state index in [1.54, 1.807) is 34.3 Å². The Morgan fingerprint density at radius 3 is 0.899 bits per heavy atom. The first-order valence-corrected chi connectivity index (χ1v) is 36.2. The normalized spacial score (nSPS) is 20.1. The van der Waals surface area contributed by atoms with E-state index in [9.17, 15) is 66.0 Å². The molecule has 0 radical (unpaired) electrons. The van der Waals surface area contributed by atoms with Gasteiger partial charge in [0.1, 0.15) is 53.0 Å². The lowest BCUT2D eigenvalue weighted by atomic mass is 10.0. The number of carbonyl (C=O) groups is 3. The second kappa shape index (κ2) is 33.0. The van der Waals surface area contributed by atoms with Crippen molar-refractivity contribution >= 4 is 134 Å². The van der Waals surface area contributed by atoms with Crippen molar-refractivity contribution in [3.05, 3.63) is 209 Å². The summed E-state index contributed by atoms with van der Waals surface area (Å²) >= 11 is 21.2. The number of benzene rings is 3.